The van der Waals surface area contributed by atoms with Gasteiger partial charge in [-0.1, -0.05) is 29.3 Å². The number of carbonyl (C=O) groups is 1. The molecule has 1 aromatic rings. The number of hydrogen-bond donors (Lipinski definition) is 2. The third-order valence-electron chi connectivity index (χ3n) is 3.78. The van der Waals surface area contributed by atoms with Crippen molar-refractivity contribution in [1.29, 1.82) is 5.26 Å². The second kappa shape index (κ2) is 8.90. The lowest BCUT2D eigenvalue weighted by Gasteiger charge is -2.34. The van der Waals surface area contributed by atoms with E-state index >= 15 is 0 Å². The molecule has 1 amide bonds. The van der Waals surface area contributed by atoms with Crippen molar-refractivity contribution in [2.75, 3.05) is 44.6 Å². The zero-order valence-corrected chi connectivity index (χ0v) is 14.6. The Bertz CT molecular complexity index is 663. The summed E-state index contributed by atoms with van der Waals surface area (Å²) in [5.74, 6) is -0.296. The number of halogens is 2. The highest BCUT2D eigenvalue weighted by Crippen LogP contribution is 2.29. The van der Waals surface area contributed by atoms with Crippen LogP contribution in [0.5, 0.6) is 0 Å². The van der Waals surface area contributed by atoms with Crippen LogP contribution in [0.4, 0.5) is 5.69 Å². The van der Waals surface area contributed by atoms with E-state index in [9.17, 15) is 10.1 Å². The number of nitrogens with zero attached hydrogens (tertiary/aromatic N) is 3. The zero-order valence-electron chi connectivity index (χ0n) is 13.1. The molecule has 0 unspecified atom stereocenters. The number of nitrogens with two attached hydrogens (primary N) is 1. The molecule has 128 valence electrons. The Morgan fingerprint density at radius 2 is 2.04 bits per heavy atom. The van der Waals surface area contributed by atoms with E-state index in [2.05, 4.69) is 10.2 Å². The second-order valence-corrected chi connectivity index (χ2v) is 6.12. The van der Waals surface area contributed by atoms with Crippen molar-refractivity contribution in [1.82, 2.24) is 9.80 Å². The summed E-state index contributed by atoms with van der Waals surface area (Å²) in [5, 5.41) is 12.9. The molecule has 0 saturated carbocycles. The van der Waals surface area contributed by atoms with E-state index in [1.165, 1.54) is 6.20 Å². The first-order valence-electron chi connectivity index (χ1n) is 7.59. The van der Waals surface area contributed by atoms with Crippen LogP contribution in [-0.4, -0.2) is 55.0 Å². The maximum absolute atomic E-state index is 12.5. The SMILES string of the molecule is N#C/C(=C/Nc1cccc(Cl)c1Cl)C(=O)N1CCN(CCN)CC1. The van der Waals surface area contributed by atoms with Crippen LogP contribution < -0.4 is 11.1 Å². The molecule has 8 heteroatoms. The number of anilines is 1. The quantitative estimate of drug-likeness (QED) is 0.613. The molecule has 0 spiro atoms. The lowest BCUT2D eigenvalue weighted by molar-refractivity contribution is -0.128. The van der Waals surface area contributed by atoms with Crippen LogP contribution in [0.15, 0.2) is 30.0 Å². The number of nitriles is 1. The van der Waals surface area contributed by atoms with Gasteiger partial charge in [-0.15, -0.1) is 0 Å². The molecule has 1 aromatic carbocycles. The number of carbonyl (C=O) groups excluding carboxylic acids is 1. The highest BCUT2D eigenvalue weighted by atomic mass is 35.5. The van der Waals surface area contributed by atoms with Gasteiger partial charge in [-0.05, 0) is 12.1 Å². The molecule has 0 aromatic heterocycles. The zero-order chi connectivity index (χ0) is 17.5. The molecular weight excluding hydrogens is 349 g/mol. The Hall–Kier alpha value is -1.78. The Labute approximate surface area is 151 Å². The summed E-state index contributed by atoms with van der Waals surface area (Å²) in [4.78, 5) is 16.3. The molecule has 1 fully saturated rings. The average molecular weight is 368 g/mol. The number of benzene rings is 1. The summed E-state index contributed by atoms with van der Waals surface area (Å²) in [5.41, 5.74) is 6.10. The van der Waals surface area contributed by atoms with Gasteiger partial charge in [0, 0.05) is 45.5 Å². The van der Waals surface area contributed by atoms with Crippen LogP contribution >= 0.6 is 23.2 Å². The normalized spacial score (nSPS) is 15.9. The Balaban J connectivity index is 2.02. The molecule has 0 bridgehead atoms. The maximum atomic E-state index is 12.5. The average Bonchev–Trinajstić information content (AvgIpc) is 2.59. The summed E-state index contributed by atoms with van der Waals surface area (Å²) < 4.78 is 0. The Kier molecular flexibility index (Phi) is 6.88. The summed E-state index contributed by atoms with van der Waals surface area (Å²) in [6, 6.07) is 7.05. The van der Waals surface area contributed by atoms with Crippen LogP contribution in [0, 0.1) is 11.3 Å². The number of amides is 1. The van der Waals surface area contributed by atoms with Crippen molar-refractivity contribution in [2.45, 2.75) is 0 Å². The molecule has 0 aliphatic carbocycles. The largest absolute Gasteiger partial charge is 0.359 e. The van der Waals surface area contributed by atoms with E-state index < -0.39 is 0 Å². The summed E-state index contributed by atoms with van der Waals surface area (Å²) in [6.45, 7) is 4.09. The van der Waals surface area contributed by atoms with Crippen LogP contribution in [0.25, 0.3) is 0 Å². The molecule has 1 aliphatic heterocycles. The monoisotopic (exact) mass is 367 g/mol. The van der Waals surface area contributed by atoms with Gasteiger partial charge in [0.1, 0.15) is 11.6 Å². The molecular formula is C16H19Cl2N5O. The number of piperazine rings is 1. The molecule has 0 radical (unpaired) electrons. The fraction of sp³-hybridized carbons (Fsp3) is 0.375. The van der Waals surface area contributed by atoms with Crippen molar-refractivity contribution in [3.05, 3.63) is 40.0 Å². The molecule has 3 N–H and O–H groups in total. The predicted molar refractivity (Wildman–Crippen MR) is 95.9 cm³/mol. The van der Waals surface area contributed by atoms with E-state index in [-0.39, 0.29) is 11.5 Å². The van der Waals surface area contributed by atoms with E-state index in [0.29, 0.717) is 35.4 Å². The van der Waals surface area contributed by atoms with Gasteiger partial charge in [0.25, 0.3) is 5.91 Å². The molecule has 1 heterocycles. The van der Waals surface area contributed by atoms with Gasteiger partial charge < -0.3 is 16.0 Å². The molecule has 1 aliphatic rings. The van der Waals surface area contributed by atoms with Crippen LogP contribution in [0.3, 0.4) is 0 Å². The van der Waals surface area contributed by atoms with Gasteiger partial charge in [0.2, 0.25) is 0 Å². The third-order valence-corrected chi connectivity index (χ3v) is 4.60. The molecule has 24 heavy (non-hydrogen) atoms. The van der Waals surface area contributed by atoms with Gasteiger partial charge in [-0.3, -0.25) is 9.69 Å². The van der Waals surface area contributed by atoms with Crippen LogP contribution in [-0.2, 0) is 4.79 Å². The summed E-state index contributed by atoms with van der Waals surface area (Å²) in [6.07, 6.45) is 1.37. The first kappa shape index (κ1) is 18.6. The van der Waals surface area contributed by atoms with Crippen molar-refractivity contribution in [3.8, 4) is 6.07 Å². The Morgan fingerprint density at radius 1 is 1.33 bits per heavy atom. The van der Waals surface area contributed by atoms with E-state index in [4.69, 9.17) is 28.9 Å². The highest BCUT2D eigenvalue weighted by molar-refractivity contribution is 6.43. The van der Waals surface area contributed by atoms with Gasteiger partial charge in [0.05, 0.1) is 15.7 Å². The lowest BCUT2D eigenvalue weighted by atomic mass is 10.2. The minimum absolute atomic E-state index is 0.0262. The number of nitrogens with one attached hydrogen (secondary N) is 1. The third kappa shape index (κ3) is 4.62. The van der Waals surface area contributed by atoms with Crippen LogP contribution in [0.1, 0.15) is 0 Å². The van der Waals surface area contributed by atoms with Crippen molar-refractivity contribution in [3.63, 3.8) is 0 Å². The van der Waals surface area contributed by atoms with Crippen molar-refractivity contribution in [2.24, 2.45) is 5.73 Å². The molecule has 2 rings (SSSR count). The molecule has 0 atom stereocenters. The summed E-state index contributed by atoms with van der Waals surface area (Å²) >= 11 is 12.0. The summed E-state index contributed by atoms with van der Waals surface area (Å²) in [7, 11) is 0. The van der Waals surface area contributed by atoms with Gasteiger partial charge in [-0.25, -0.2) is 0 Å². The molecule has 6 nitrogen and oxygen atoms in total. The van der Waals surface area contributed by atoms with Crippen LogP contribution in [0.2, 0.25) is 10.0 Å². The first-order chi connectivity index (χ1) is 11.6. The van der Waals surface area contributed by atoms with Crippen molar-refractivity contribution < 1.29 is 4.79 Å². The maximum Gasteiger partial charge on any atom is 0.266 e. The topological polar surface area (TPSA) is 85.4 Å². The second-order valence-electron chi connectivity index (χ2n) is 5.34. The minimum Gasteiger partial charge on any atom is -0.359 e. The number of rotatable bonds is 5. The van der Waals surface area contributed by atoms with Gasteiger partial charge >= 0.3 is 0 Å². The smallest absolute Gasteiger partial charge is 0.266 e. The van der Waals surface area contributed by atoms with E-state index in [1.807, 2.05) is 6.07 Å². The Morgan fingerprint density at radius 3 is 2.67 bits per heavy atom. The minimum atomic E-state index is -0.296. The fourth-order valence-corrected chi connectivity index (χ4v) is 2.79. The lowest BCUT2D eigenvalue weighted by Crippen LogP contribution is -2.50. The number of hydrogen-bond acceptors (Lipinski definition) is 5. The fourth-order valence-electron chi connectivity index (χ4n) is 2.43. The van der Waals surface area contributed by atoms with E-state index in [1.54, 1.807) is 23.1 Å². The standard InChI is InChI=1S/C16H19Cl2N5O/c17-13-2-1-3-14(15(13)18)21-11-12(10-20)16(24)23-8-6-22(5-4-19)7-9-23/h1-3,11,21H,4-9,19H2/b12-11-. The molecule has 1 saturated heterocycles. The first-order valence-corrected chi connectivity index (χ1v) is 8.35. The highest BCUT2D eigenvalue weighted by Gasteiger charge is 2.23. The van der Waals surface area contributed by atoms with Crippen molar-refractivity contribution >= 4 is 34.8 Å². The predicted octanol–water partition coefficient (Wildman–Crippen LogP) is 1.92. The van der Waals surface area contributed by atoms with Gasteiger partial charge in [0.15, 0.2) is 0 Å². The van der Waals surface area contributed by atoms with Gasteiger partial charge in [-0.2, -0.15) is 5.26 Å². The van der Waals surface area contributed by atoms with E-state index in [0.717, 1.165) is 19.6 Å².